The van der Waals surface area contributed by atoms with Crippen molar-refractivity contribution in [1.82, 2.24) is 10.6 Å². The minimum absolute atomic E-state index is 0.0282. The lowest BCUT2D eigenvalue weighted by atomic mass is 9.95. The summed E-state index contributed by atoms with van der Waals surface area (Å²) in [6.45, 7) is 7.54. The molecule has 2 N–H and O–H groups in total. The third-order valence-electron chi connectivity index (χ3n) is 3.15. The highest BCUT2D eigenvalue weighted by Crippen LogP contribution is 2.10. The molecule has 1 aromatic rings. The van der Waals surface area contributed by atoms with Crippen LogP contribution in [0.3, 0.4) is 0 Å². The van der Waals surface area contributed by atoms with Gasteiger partial charge in [-0.05, 0) is 25.5 Å². The molecule has 0 spiro atoms. The fourth-order valence-corrected chi connectivity index (χ4v) is 1.88. The van der Waals surface area contributed by atoms with Crippen LogP contribution in [0.15, 0.2) is 24.3 Å². The van der Waals surface area contributed by atoms with Crippen LogP contribution in [0.1, 0.15) is 25.0 Å². The molecule has 0 aliphatic rings. The number of hydrogen-bond donors (Lipinski definition) is 2. The van der Waals surface area contributed by atoms with Gasteiger partial charge in [0.25, 0.3) is 0 Å². The zero-order chi connectivity index (χ0) is 13.5. The first-order valence-corrected chi connectivity index (χ1v) is 6.52. The molecule has 0 radical (unpaired) electrons. The lowest BCUT2D eigenvalue weighted by Gasteiger charge is -2.19. The van der Waals surface area contributed by atoms with Crippen molar-refractivity contribution < 1.29 is 4.79 Å². The standard InChI is InChI=1S/C15H24N2O/c1-11(2)14(10-16-4)15(18)17-9-13-7-5-12(3)6-8-13/h5-8,11,14,16H,9-10H2,1-4H3,(H,17,18). The molecule has 1 atom stereocenters. The van der Waals surface area contributed by atoms with Crippen LogP contribution < -0.4 is 10.6 Å². The monoisotopic (exact) mass is 248 g/mol. The fraction of sp³-hybridized carbons (Fsp3) is 0.533. The quantitative estimate of drug-likeness (QED) is 0.809. The lowest BCUT2D eigenvalue weighted by Crippen LogP contribution is -2.38. The molecule has 0 heterocycles. The predicted octanol–water partition coefficient (Wildman–Crippen LogP) is 2.10. The van der Waals surface area contributed by atoms with E-state index in [2.05, 4.69) is 55.7 Å². The van der Waals surface area contributed by atoms with Crippen molar-refractivity contribution in [3.05, 3.63) is 35.4 Å². The SMILES string of the molecule is CNCC(C(=O)NCc1ccc(C)cc1)C(C)C. The maximum atomic E-state index is 12.1. The van der Waals surface area contributed by atoms with E-state index >= 15 is 0 Å². The topological polar surface area (TPSA) is 41.1 Å². The third-order valence-corrected chi connectivity index (χ3v) is 3.15. The summed E-state index contributed by atoms with van der Waals surface area (Å²) in [7, 11) is 1.88. The Morgan fingerprint density at radius 3 is 2.33 bits per heavy atom. The van der Waals surface area contributed by atoms with E-state index in [1.54, 1.807) is 0 Å². The number of benzene rings is 1. The molecule has 18 heavy (non-hydrogen) atoms. The van der Waals surface area contributed by atoms with Gasteiger partial charge in [-0.1, -0.05) is 43.7 Å². The highest BCUT2D eigenvalue weighted by molar-refractivity contribution is 5.79. The number of nitrogens with one attached hydrogen (secondary N) is 2. The first-order chi connectivity index (χ1) is 8.54. The number of aryl methyl sites for hydroxylation is 1. The van der Waals surface area contributed by atoms with Crippen molar-refractivity contribution in [1.29, 1.82) is 0 Å². The van der Waals surface area contributed by atoms with Gasteiger partial charge in [0.2, 0.25) is 5.91 Å². The molecule has 1 unspecified atom stereocenters. The summed E-state index contributed by atoms with van der Waals surface area (Å²) in [6.07, 6.45) is 0. The first kappa shape index (κ1) is 14.7. The Kier molecular flexibility index (Phi) is 5.86. The summed E-state index contributed by atoms with van der Waals surface area (Å²) in [4.78, 5) is 12.1. The third kappa shape index (κ3) is 4.49. The second-order valence-corrected chi connectivity index (χ2v) is 5.11. The van der Waals surface area contributed by atoms with Crippen LogP contribution in [0, 0.1) is 18.8 Å². The number of amides is 1. The predicted molar refractivity (Wildman–Crippen MR) is 75.3 cm³/mol. The average Bonchev–Trinajstić information content (AvgIpc) is 2.34. The van der Waals surface area contributed by atoms with Crippen LogP contribution >= 0.6 is 0 Å². The van der Waals surface area contributed by atoms with Crippen molar-refractivity contribution in [3.8, 4) is 0 Å². The van der Waals surface area contributed by atoms with E-state index in [-0.39, 0.29) is 11.8 Å². The molecule has 0 bridgehead atoms. The Balaban J connectivity index is 2.51. The van der Waals surface area contributed by atoms with Crippen LogP contribution in [0.5, 0.6) is 0 Å². The Bertz CT molecular complexity index is 371. The van der Waals surface area contributed by atoms with Crippen LogP contribution in [0.25, 0.3) is 0 Å². The van der Waals surface area contributed by atoms with Crippen molar-refractivity contribution in [2.24, 2.45) is 11.8 Å². The number of hydrogen-bond acceptors (Lipinski definition) is 2. The summed E-state index contributed by atoms with van der Waals surface area (Å²) < 4.78 is 0. The van der Waals surface area contributed by atoms with Gasteiger partial charge in [0.1, 0.15) is 0 Å². The maximum Gasteiger partial charge on any atom is 0.224 e. The van der Waals surface area contributed by atoms with E-state index in [1.807, 2.05) is 7.05 Å². The molecule has 0 fully saturated rings. The zero-order valence-corrected chi connectivity index (χ0v) is 11.8. The minimum atomic E-state index is 0.0282. The molecular weight excluding hydrogens is 224 g/mol. The summed E-state index contributed by atoms with van der Waals surface area (Å²) in [5.74, 6) is 0.496. The molecule has 1 aromatic carbocycles. The molecule has 0 aliphatic heterocycles. The molecule has 1 amide bonds. The summed E-state index contributed by atoms with van der Waals surface area (Å²) >= 11 is 0. The van der Waals surface area contributed by atoms with Gasteiger partial charge in [-0.15, -0.1) is 0 Å². The van der Waals surface area contributed by atoms with E-state index in [1.165, 1.54) is 5.56 Å². The molecule has 3 heteroatoms. The van der Waals surface area contributed by atoms with Crippen LogP contribution in [0.2, 0.25) is 0 Å². The van der Waals surface area contributed by atoms with Gasteiger partial charge in [-0.25, -0.2) is 0 Å². The van der Waals surface area contributed by atoms with Gasteiger partial charge < -0.3 is 10.6 Å². The van der Waals surface area contributed by atoms with E-state index in [0.29, 0.717) is 12.5 Å². The number of carbonyl (C=O) groups excluding carboxylic acids is 1. The molecule has 0 saturated carbocycles. The summed E-state index contributed by atoms with van der Waals surface area (Å²) in [5, 5.41) is 6.08. The first-order valence-electron chi connectivity index (χ1n) is 6.52. The minimum Gasteiger partial charge on any atom is -0.352 e. The molecule has 1 rings (SSSR count). The van der Waals surface area contributed by atoms with Crippen LogP contribution in [-0.4, -0.2) is 19.5 Å². The Hall–Kier alpha value is -1.35. The summed E-state index contributed by atoms with van der Waals surface area (Å²) in [6, 6.07) is 8.24. The van der Waals surface area contributed by atoms with Crippen LogP contribution in [-0.2, 0) is 11.3 Å². The van der Waals surface area contributed by atoms with E-state index in [0.717, 1.165) is 12.1 Å². The molecule has 0 aliphatic carbocycles. The van der Waals surface area contributed by atoms with Crippen molar-refractivity contribution in [3.63, 3.8) is 0 Å². The van der Waals surface area contributed by atoms with E-state index in [4.69, 9.17) is 0 Å². The maximum absolute atomic E-state index is 12.1. The molecule has 0 saturated heterocycles. The van der Waals surface area contributed by atoms with Gasteiger partial charge in [-0.3, -0.25) is 4.79 Å². The van der Waals surface area contributed by atoms with Crippen molar-refractivity contribution in [2.75, 3.05) is 13.6 Å². The van der Waals surface area contributed by atoms with Gasteiger partial charge in [0, 0.05) is 13.1 Å². The smallest absolute Gasteiger partial charge is 0.224 e. The lowest BCUT2D eigenvalue weighted by molar-refractivity contribution is -0.126. The second-order valence-electron chi connectivity index (χ2n) is 5.11. The van der Waals surface area contributed by atoms with Crippen molar-refractivity contribution >= 4 is 5.91 Å². The molecule has 0 aromatic heterocycles. The number of rotatable bonds is 6. The van der Waals surface area contributed by atoms with Crippen molar-refractivity contribution in [2.45, 2.75) is 27.3 Å². The summed E-state index contributed by atoms with van der Waals surface area (Å²) in [5.41, 5.74) is 2.38. The highest BCUT2D eigenvalue weighted by Gasteiger charge is 2.20. The Morgan fingerprint density at radius 1 is 1.22 bits per heavy atom. The van der Waals surface area contributed by atoms with E-state index < -0.39 is 0 Å². The van der Waals surface area contributed by atoms with Gasteiger partial charge >= 0.3 is 0 Å². The largest absolute Gasteiger partial charge is 0.352 e. The van der Waals surface area contributed by atoms with Gasteiger partial charge in [0.05, 0.1) is 5.92 Å². The van der Waals surface area contributed by atoms with Gasteiger partial charge in [0.15, 0.2) is 0 Å². The second kappa shape index (κ2) is 7.17. The molecular formula is C15H24N2O. The Labute approximate surface area is 110 Å². The molecule has 100 valence electrons. The number of carbonyl (C=O) groups is 1. The fourth-order valence-electron chi connectivity index (χ4n) is 1.88. The molecule has 3 nitrogen and oxygen atoms in total. The average molecular weight is 248 g/mol. The van der Waals surface area contributed by atoms with Crippen LogP contribution in [0.4, 0.5) is 0 Å². The normalized spacial score (nSPS) is 12.5. The highest BCUT2D eigenvalue weighted by atomic mass is 16.1. The van der Waals surface area contributed by atoms with Gasteiger partial charge in [-0.2, -0.15) is 0 Å². The Morgan fingerprint density at radius 2 is 1.83 bits per heavy atom. The zero-order valence-electron chi connectivity index (χ0n) is 11.8. The van der Waals surface area contributed by atoms with E-state index in [9.17, 15) is 4.79 Å².